The number of amides is 2. The predicted molar refractivity (Wildman–Crippen MR) is 203 cm³/mol. The van der Waals surface area contributed by atoms with Gasteiger partial charge in [0.05, 0.1) is 31.9 Å². The Bertz CT molecular complexity index is 1370. The molecule has 0 bridgehead atoms. The second kappa shape index (κ2) is 23.2. The van der Waals surface area contributed by atoms with Crippen LogP contribution in [0.1, 0.15) is 34.6 Å². The molecule has 0 aliphatic carbocycles. The highest BCUT2D eigenvalue weighted by Gasteiger charge is 2.25. The Hall–Kier alpha value is -2.29. The van der Waals surface area contributed by atoms with Crippen LogP contribution in [0.4, 0.5) is 0 Å². The van der Waals surface area contributed by atoms with Crippen molar-refractivity contribution in [3.05, 3.63) is 59.7 Å². The van der Waals surface area contributed by atoms with Crippen LogP contribution in [0, 0.1) is 0 Å². The van der Waals surface area contributed by atoms with E-state index in [1.165, 1.54) is 27.1 Å². The molecule has 18 heteroatoms. The van der Waals surface area contributed by atoms with Crippen LogP contribution in [0.2, 0.25) is 0 Å². The second-order valence-corrected chi connectivity index (χ2v) is 13.7. The topological polar surface area (TPSA) is 172 Å². The standard InChI is InChI=1S/C30H38N4O8S6/c1-3-41-28(38)24(16-46-34-23(15-44)30(40)45)31-26(36)20-9-5-18(6-10-20)19-7-11-21(12-8-19)27(37)32-25(29(39)42-4-2)17-47-48-33-22(13-35)14-43/h5-12,14,22-25,33-35,44H,3-4,13,15-17H2,1-2H3,(H,31,36)(H,32,37)(H,40,45)/t22-,23+,24?,25?/m1/s1. The molecule has 262 valence electrons. The molecule has 48 heavy (non-hydrogen) atoms. The number of carbonyl (C=O) groups is 5. The largest absolute Gasteiger partial charge is 0.464 e. The lowest BCUT2D eigenvalue weighted by Crippen LogP contribution is -2.44. The summed E-state index contributed by atoms with van der Waals surface area (Å²) in [6.07, 6.45) is 0. The van der Waals surface area contributed by atoms with Crippen molar-refractivity contribution >= 4 is 105 Å². The van der Waals surface area contributed by atoms with Crippen molar-refractivity contribution in [2.75, 3.05) is 37.1 Å². The van der Waals surface area contributed by atoms with E-state index in [2.05, 4.69) is 45.3 Å². The number of aliphatic hydroxyl groups is 1. The summed E-state index contributed by atoms with van der Waals surface area (Å²) in [4.78, 5) is 62.4. The smallest absolute Gasteiger partial charge is 0.329 e. The fraction of sp³-hybridized carbons (Fsp3) is 0.400. The zero-order valence-corrected chi connectivity index (χ0v) is 31.1. The molecule has 2 amide bonds. The van der Waals surface area contributed by atoms with E-state index < -0.39 is 47.0 Å². The first-order valence-electron chi connectivity index (χ1n) is 14.5. The molecule has 0 radical (unpaired) electrons. The van der Waals surface area contributed by atoms with Crippen molar-refractivity contribution in [3.8, 4) is 11.1 Å². The number of ether oxygens (including phenoxy) is 2. The van der Waals surface area contributed by atoms with Crippen LogP contribution < -0.4 is 20.1 Å². The van der Waals surface area contributed by atoms with Gasteiger partial charge >= 0.3 is 11.9 Å². The summed E-state index contributed by atoms with van der Waals surface area (Å²) < 4.78 is 16.0. The van der Waals surface area contributed by atoms with Gasteiger partial charge in [0.15, 0.2) is 0 Å². The van der Waals surface area contributed by atoms with Gasteiger partial charge in [0, 0.05) is 28.4 Å². The molecule has 4 atom stereocenters. The maximum atomic E-state index is 13.0. The van der Waals surface area contributed by atoms with E-state index in [-0.39, 0.29) is 43.1 Å². The molecule has 2 unspecified atom stereocenters. The summed E-state index contributed by atoms with van der Waals surface area (Å²) in [6, 6.07) is 10.5. The molecule has 0 aliphatic heterocycles. The van der Waals surface area contributed by atoms with Crippen molar-refractivity contribution < 1.29 is 38.6 Å². The molecule has 0 aromatic heterocycles. The van der Waals surface area contributed by atoms with E-state index in [1.54, 1.807) is 62.4 Å². The van der Waals surface area contributed by atoms with Crippen LogP contribution >= 0.6 is 71.2 Å². The number of carbonyl (C=O) groups excluding carboxylic acids is 5. The molecule has 0 saturated carbocycles. The summed E-state index contributed by atoms with van der Waals surface area (Å²) >= 11 is 13.8. The van der Waals surface area contributed by atoms with Gasteiger partial charge in [-0.1, -0.05) is 59.2 Å². The maximum absolute atomic E-state index is 13.0. The van der Waals surface area contributed by atoms with E-state index in [0.717, 1.165) is 23.1 Å². The van der Waals surface area contributed by atoms with Gasteiger partial charge in [-0.05, 0) is 65.6 Å². The SMILES string of the molecule is CCOC(=O)C(CSN[C@@H](CS)C(=O)S)NC(=O)c1ccc(-c2ccc(C(=O)NC(CSSN[C@@H](C=S)CO)C(=O)OCC)cc2)cc1. The molecule has 0 spiro atoms. The van der Waals surface area contributed by atoms with Crippen molar-refractivity contribution in [2.24, 2.45) is 0 Å². The van der Waals surface area contributed by atoms with Crippen molar-refractivity contribution in [1.82, 2.24) is 20.1 Å². The van der Waals surface area contributed by atoms with E-state index >= 15 is 0 Å². The predicted octanol–water partition coefficient (Wildman–Crippen LogP) is 2.92. The van der Waals surface area contributed by atoms with E-state index in [4.69, 9.17) is 21.7 Å². The number of hydrogen-bond acceptors (Lipinski definition) is 15. The van der Waals surface area contributed by atoms with Crippen LogP contribution in [-0.4, -0.2) is 101 Å². The molecule has 0 saturated heterocycles. The Morgan fingerprint density at radius 1 is 0.812 bits per heavy atom. The van der Waals surface area contributed by atoms with Gasteiger partial charge in [-0.25, -0.2) is 14.3 Å². The second-order valence-electron chi connectivity index (χ2n) is 9.62. The molecule has 0 aliphatic rings. The molecule has 2 rings (SSSR count). The molecule has 12 nitrogen and oxygen atoms in total. The number of rotatable bonds is 22. The van der Waals surface area contributed by atoms with Gasteiger partial charge in [0.1, 0.15) is 12.1 Å². The Labute approximate surface area is 308 Å². The lowest BCUT2D eigenvalue weighted by molar-refractivity contribution is -0.145. The molecular weight excluding hydrogens is 737 g/mol. The number of thiocarbonyl (C=S) groups is 1. The number of aliphatic hydroxyl groups excluding tert-OH is 1. The van der Waals surface area contributed by atoms with Crippen LogP contribution in [0.5, 0.6) is 0 Å². The highest BCUT2D eigenvalue weighted by atomic mass is 33.1. The minimum Gasteiger partial charge on any atom is -0.464 e. The Kier molecular flexibility index (Phi) is 20.2. The van der Waals surface area contributed by atoms with Gasteiger partial charge in [0.2, 0.25) is 5.12 Å². The minimum absolute atomic E-state index is 0.100. The van der Waals surface area contributed by atoms with Gasteiger partial charge < -0.3 is 25.2 Å². The van der Waals surface area contributed by atoms with Gasteiger partial charge in [-0.3, -0.25) is 19.1 Å². The summed E-state index contributed by atoms with van der Waals surface area (Å²) in [5.74, 6) is -1.60. The third-order valence-electron chi connectivity index (χ3n) is 6.19. The van der Waals surface area contributed by atoms with E-state index in [0.29, 0.717) is 11.1 Å². The van der Waals surface area contributed by atoms with Crippen molar-refractivity contribution in [3.63, 3.8) is 0 Å². The first kappa shape index (κ1) is 41.9. The molecular formula is C30H38N4O8S6. The monoisotopic (exact) mass is 774 g/mol. The van der Waals surface area contributed by atoms with Gasteiger partial charge in [-0.15, -0.1) is 12.6 Å². The summed E-state index contributed by atoms with van der Waals surface area (Å²) in [5.41, 5.74) is 2.20. The third-order valence-corrected chi connectivity index (χ3v) is 10.2. The average Bonchev–Trinajstić information content (AvgIpc) is 3.09. The quantitative estimate of drug-likeness (QED) is 0.0233. The first-order valence-corrected chi connectivity index (χ1v) is 19.4. The molecule has 0 heterocycles. The fourth-order valence-electron chi connectivity index (χ4n) is 3.64. The molecule has 2 aromatic carbocycles. The third kappa shape index (κ3) is 14.3. The lowest BCUT2D eigenvalue weighted by Gasteiger charge is -2.19. The normalized spacial score (nSPS) is 13.4. The zero-order valence-electron chi connectivity index (χ0n) is 26.1. The highest BCUT2D eigenvalue weighted by molar-refractivity contribution is 8.76. The average molecular weight is 775 g/mol. The van der Waals surface area contributed by atoms with Crippen LogP contribution in [0.25, 0.3) is 11.1 Å². The fourth-order valence-corrected chi connectivity index (χ4v) is 7.46. The van der Waals surface area contributed by atoms with Crippen molar-refractivity contribution in [2.45, 2.75) is 38.0 Å². The summed E-state index contributed by atoms with van der Waals surface area (Å²) in [5, 5.41) is 15.6. The van der Waals surface area contributed by atoms with Crippen LogP contribution in [-0.2, 0) is 23.9 Å². The van der Waals surface area contributed by atoms with E-state index in [1.807, 2.05) is 0 Å². The maximum Gasteiger partial charge on any atom is 0.329 e. The van der Waals surface area contributed by atoms with Gasteiger partial charge in [0.25, 0.3) is 11.8 Å². The number of thiol groups is 2. The Balaban J connectivity index is 2.04. The minimum atomic E-state index is -0.976. The molecule has 0 fully saturated rings. The van der Waals surface area contributed by atoms with Crippen LogP contribution in [0.3, 0.4) is 0 Å². The first-order chi connectivity index (χ1) is 23.1. The Morgan fingerprint density at radius 3 is 1.69 bits per heavy atom. The number of esters is 2. The van der Waals surface area contributed by atoms with Crippen molar-refractivity contribution in [1.29, 1.82) is 0 Å². The molecule has 5 N–H and O–H groups in total. The number of hydrogen-bond donors (Lipinski definition) is 7. The summed E-state index contributed by atoms with van der Waals surface area (Å²) in [6.45, 7) is 3.47. The summed E-state index contributed by atoms with van der Waals surface area (Å²) in [7, 11) is 2.46. The zero-order chi connectivity index (χ0) is 35.5. The highest BCUT2D eigenvalue weighted by Crippen LogP contribution is 2.22. The van der Waals surface area contributed by atoms with Gasteiger partial charge in [-0.2, -0.15) is 12.6 Å². The lowest BCUT2D eigenvalue weighted by atomic mass is 10.0. The number of nitrogens with one attached hydrogen (secondary N) is 4. The Morgan fingerprint density at radius 2 is 1.29 bits per heavy atom. The van der Waals surface area contributed by atoms with E-state index in [9.17, 15) is 29.1 Å². The molecule has 2 aromatic rings. The van der Waals surface area contributed by atoms with Crippen LogP contribution in [0.15, 0.2) is 48.5 Å². The number of benzene rings is 2.